The van der Waals surface area contributed by atoms with Gasteiger partial charge in [0.15, 0.2) is 0 Å². The van der Waals surface area contributed by atoms with Crippen molar-refractivity contribution in [2.75, 3.05) is 12.3 Å². The summed E-state index contributed by atoms with van der Waals surface area (Å²) >= 11 is 0. The Kier molecular flexibility index (Phi) is 5.82. The highest BCUT2D eigenvalue weighted by Crippen LogP contribution is 2.24. The van der Waals surface area contributed by atoms with E-state index in [1.807, 2.05) is 0 Å². The third kappa shape index (κ3) is 7.36. The minimum atomic E-state index is -4.42. The van der Waals surface area contributed by atoms with Crippen molar-refractivity contribution in [1.82, 2.24) is 4.31 Å². The van der Waals surface area contributed by atoms with Crippen LogP contribution in [0.2, 0.25) is 0 Å². The van der Waals surface area contributed by atoms with Crippen molar-refractivity contribution in [2.24, 2.45) is 0 Å². The van der Waals surface area contributed by atoms with Gasteiger partial charge in [-0.25, -0.2) is 8.42 Å². The molecule has 0 aromatic carbocycles. The minimum Gasteiger partial charge on any atom is -0.480 e. The average molecular weight is 305 g/mol. The lowest BCUT2D eigenvalue weighted by Gasteiger charge is -2.33. The Labute approximate surface area is 110 Å². The summed E-state index contributed by atoms with van der Waals surface area (Å²) < 4.78 is 60.4. The predicted molar refractivity (Wildman–Crippen MR) is 63.2 cm³/mol. The maximum Gasteiger partial charge on any atom is 0.389 e. The number of hydrogen-bond donors (Lipinski definition) is 1. The fraction of sp³-hybridized carbons (Fsp3) is 0.900. The van der Waals surface area contributed by atoms with Crippen LogP contribution in [0, 0.1) is 0 Å². The lowest BCUT2D eigenvalue weighted by Crippen LogP contribution is -2.49. The molecule has 0 aliphatic carbocycles. The number of aliphatic carboxylic acids is 1. The molecule has 0 saturated heterocycles. The van der Waals surface area contributed by atoms with Crippen molar-refractivity contribution in [2.45, 2.75) is 45.3 Å². The molecule has 114 valence electrons. The fourth-order valence-corrected chi connectivity index (χ4v) is 3.31. The Balaban J connectivity index is 4.86. The molecule has 0 amide bonds. The van der Waals surface area contributed by atoms with Gasteiger partial charge in [-0.15, -0.1) is 0 Å². The highest BCUT2D eigenvalue weighted by Gasteiger charge is 2.35. The van der Waals surface area contributed by atoms with Crippen LogP contribution >= 0.6 is 0 Å². The summed E-state index contributed by atoms with van der Waals surface area (Å²) in [5.41, 5.74) is -1.00. The van der Waals surface area contributed by atoms with Gasteiger partial charge < -0.3 is 5.11 Å². The number of carboxylic acids is 1. The fourth-order valence-electron chi connectivity index (χ4n) is 1.44. The molecule has 5 nitrogen and oxygen atoms in total. The number of sulfonamides is 1. The third-order valence-corrected chi connectivity index (χ3v) is 4.38. The predicted octanol–water partition coefficient (Wildman–Crippen LogP) is 1.84. The monoisotopic (exact) mass is 305 g/mol. The summed E-state index contributed by atoms with van der Waals surface area (Å²) in [7, 11) is -4.05. The lowest BCUT2D eigenvalue weighted by molar-refractivity contribution is -0.138. The molecule has 0 radical (unpaired) electrons. The van der Waals surface area contributed by atoms with Gasteiger partial charge in [0.05, 0.1) is 5.75 Å². The van der Waals surface area contributed by atoms with Crippen LogP contribution in [-0.2, 0) is 14.8 Å². The average Bonchev–Trinajstić information content (AvgIpc) is 2.09. The molecule has 0 saturated carbocycles. The van der Waals surface area contributed by atoms with Gasteiger partial charge in [-0.2, -0.15) is 17.5 Å². The van der Waals surface area contributed by atoms with Gasteiger partial charge >= 0.3 is 12.1 Å². The minimum absolute atomic E-state index is 0.585. The van der Waals surface area contributed by atoms with Gasteiger partial charge in [0, 0.05) is 12.0 Å². The zero-order valence-electron chi connectivity index (χ0n) is 11.0. The number of halogens is 3. The lowest BCUT2D eigenvalue weighted by atomic mass is 10.1. The smallest absolute Gasteiger partial charge is 0.389 e. The second-order valence-electron chi connectivity index (χ2n) is 5.11. The van der Waals surface area contributed by atoms with Gasteiger partial charge in [-0.05, 0) is 27.2 Å². The van der Waals surface area contributed by atoms with E-state index in [0.717, 1.165) is 0 Å². The summed E-state index contributed by atoms with van der Waals surface area (Å²) in [4.78, 5) is 10.7. The first-order valence-corrected chi connectivity index (χ1v) is 7.16. The van der Waals surface area contributed by atoms with Gasteiger partial charge in [0.25, 0.3) is 0 Å². The molecule has 0 aromatic rings. The molecule has 0 aliphatic heterocycles. The Morgan fingerprint density at radius 1 is 1.21 bits per heavy atom. The highest BCUT2D eigenvalue weighted by atomic mass is 32.2. The molecule has 0 heterocycles. The molecule has 9 heteroatoms. The molecular weight excluding hydrogens is 287 g/mol. The summed E-state index contributed by atoms with van der Waals surface area (Å²) in [6, 6.07) is 0. The van der Waals surface area contributed by atoms with E-state index in [-0.39, 0.29) is 0 Å². The molecule has 0 fully saturated rings. The number of nitrogens with zero attached hydrogens (tertiary/aromatic N) is 1. The van der Waals surface area contributed by atoms with Crippen LogP contribution in [0.1, 0.15) is 33.6 Å². The second kappa shape index (κ2) is 6.08. The van der Waals surface area contributed by atoms with Crippen LogP contribution < -0.4 is 0 Å². The third-order valence-electron chi connectivity index (χ3n) is 2.23. The summed E-state index contributed by atoms with van der Waals surface area (Å²) in [6.45, 7) is 3.68. The molecule has 0 spiro atoms. The van der Waals surface area contributed by atoms with Crippen LogP contribution in [0.25, 0.3) is 0 Å². The first kappa shape index (κ1) is 18.2. The number of rotatable bonds is 6. The maximum absolute atomic E-state index is 12.0. The van der Waals surface area contributed by atoms with Crippen molar-refractivity contribution in [3.05, 3.63) is 0 Å². The van der Waals surface area contributed by atoms with Crippen LogP contribution in [0.3, 0.4) is 0 Å². The van der Waals surface area contributed by atoms with E-state index in [4.69, 9.17) is 5.11 Å². The zero-order valence-corrected chi connectivity index (χ0v) is 11.8. The Morgan fingerprint density at radius 2 is 1.68 bits per heavy atom. The van der Waals surface area contributed by atoms with Gasteiger partial charge in [0.1, 0.15) is 6.54 Å². The summed E-state index contributed by atoms with van der Waals surface area (Å²) in [5, 5.41) is 8.68. The van der Waals surface area contributed by atoms with Crippen molar-refractivity contribution in [3.63, 3.8) is 0 Å². The van der Waals surface area contributed by atoms with Gasteiger partial charge in [-0.3, -0.25) is 4.79 Å². The van der Waals surface area contributed by atoms with Crippen molar-refractivity contribution in [1.29, 1.82) is 0 Å². The van der Waals surface area contributed by atoms with Gasteiger partial charge in [0.2, 0.25) is 10.0 Å². The van der Waals surface area contributed by atoms with Crippen LogP contribution in [0.5, 0.6) is 0 Å². The molecule has 0 rings (SSSR count). The first-order chi connectivity index (χ1) is 8.26. The Morgan fingerprint density at radius 3 is 2.00 bits per heavy atom. The summed E-state index contributed by atoms with van der Waals surface area (Å²) in [5.74, 6) is -2.08. The summed E-state index contributed by atoms with van der Waals surface area (Å²) in [6.07, 6.45) is -6.22. The molecular formula is C10H18F3NO4S. The quantitative estimate of drug-likeness (QED) is 0.812. The topological polar surface area (TPSA) is 74.7 Å². The number of alkyl halides is 3. The molecule has 0 aliphatic rings. The number of hydrogen-bond acceptors (Lipinski definition) is 3. The maximum atomic E-state index is 12.0. The van der Waals surface area contributed by atoms with E-state index < -0.39 is 52.8 Å². The number of carboxylic acid groups (broad SMARTS) is 1. The van der Waals surface area contributed by atoms with Crippen molar-refractivity contribution >= 4 is 16.0 Å². The van der Waals surface area contributed by atoms with Crippen molar-refractivity contribution < 1.29 is 31.5 Å². The van der Waals surface area contributed by atoms with Crippen LogP contribution in [0.15, 0.2) is 0 Å². The van der Waals surface area contributed by atoms with Crippen LogP contribution in [-0.4, -0.2) is 47.8 Å². The SMILES string of the molecule is CC(C)(C)N(CC(=O)O)S(=O)(=O)CCCC(F)(F)F. The van der Waals surface area contributed by atoms with Crippen LogP contribution in [0.4, 0.5) is 13.2 Å². The normalized spacial score (nSPS) is 13.8. The zero-order chi connectivity index (χ0) is 15.5. The molecule has 0 aromatic heterocycles. The van der Waals surface area contributed by atoms with E-state index in [9.17, 15) is 26.4 Å². The van der Waals surface area contributed by atoms with E-state index in [0.29, 0.717) is 4.31 Å². The molecule has 0 bridgehead atoms. The molecule has 0 unspecified atom stereocenters. The van der Waals surface area contributed by atoms with E-state index in [2.05, 4.69) is 0 Å². The molecule has 19 heavy (non-hydrogen) atoms. The largest absolute Gasteiger partial charge is 0.480 e. The first-order valence-electron chi connectivity index (χ1n) is 5.55. The Hall–Kier alpha value is -0.830. The molecule has 1 N–H and O–H groups in total. The second-order valence-corrected chi connectivity index (χ2v) is 7.12. The van der Waals surface area contributed by atoms with E-state index in [1.165, 1.54) is 20.8 Å². The van der Waals surface area contributed by atoms with Gasteiger partial charge in [-0.1, -0.05) is 0 Å². The van der Waals surface area contributed by atoms with Crippen molar-refractivity contribution in [3.8, 4) is 0 Å². The highest BCUT2D eigenvalue weighted by molar-refractivity contribution is 7.89. The van der Waals surface area contributed by atoms with E-state index in [1.54, 1.807) is 0 Å². The number of carbonyl (C=O) groups is 1. The molecule has 0 atom stereocenters. The Bertz CT molecular complexity index is 411. The van der Waals surface area contributed by atoms with E-state index >= 15 is 0 Å². The standard InChI is InChI=1S/C10H18F3NO4S/c1-9(2,3)14(7-8(15)16)19(17,18)6-4-5-10(11,12)13/h4-7H2,1-3H3,(H,15,16).